The molecule has 2 aromatic heterocycles. The van der Waals surface area contributed by atoms with E-state index < -0.39 is 0 Å². The third-order valence-corrected chi connectivity index (χ3v) is 2.42. The Bertz CT molecular complexity index is 583. The molecule has 0 aliphatic carbocycles. The quantitative estimate of drug-likeness (QED) is 0.617. The monoisotopic (exact) mass is 172 g/mol. The standard InChI is InChI=1S/C10H8N2O/c13-9-2-1-8-10-7(3-5-11-8)4-6-12(9)10/h1-4,6,11H,5H2. The smallest absolute Gasteiger partial charge is 0.255 e. The molecule has 0 aromatic carbocycles. The molecule has 0 saturated carbocycles. The van der Waals surface area contributed by atoms with Gasteiger partial charge >= 0.3 is 0 Å². The van der Waals surface area contributed by atoms with Gasteiger partial charge in [0.2, 0.25) is 0 Å². The van der Waals surface area contributed by atoms with Gasteiger partial charge in [-0.25, -0.2) is 0 Å². The van der Waals surface area contributed by atoms with Gasteiger partial charge in [0.1, 0.15) is 0 Å². The van der Waals surface area contributed by atoms with Crippen molar-refractivity contribution in [2.45, 2.75) is 0 Å². The molecule has 3 heterocycles. The van der Waals surface area contributed by atoms with Crippen LogP contribution < -0.4 is 16.1 Å². The first-order valence-corrected chi connectivity index (χ1v) is 4.24. The minimum Gasteiger partial charge on any atom is -0.380 e. The van der Waals surface area contributed by atoms with E-state index in [1.807, 2.05) is 18.3 Å². The average molecular weight is 172 g/mol. The van der Waals surface area contributed by atoms with E-state index in [-0.39, 0.29) is 5.56 Å². The predicted molar refractivity (Wildman–Crippen MR) is 51.8 cm³/mol. The van der Waals surface area contributed by atoms with Gasteiger partial charge in [0, 0.05) is 18.8 Å². The summed E-state index contributed by atoms with van der Waals surface area (Å²) in [5.41, 5.74) is 2.07. The highest BCUT2D eigenvalue weighted by Gasteiger charge is 2.07. The second-order valence-corrected chi connectivity index (χ2v) is 3.16. The lowest BCUT2D eigenvalue weighted by Crippen LogP contribution is -2.18. The van der Waals surface area contributed by atoms with Gasteiger partial charge in [-0.2, -0.15) is 0 Å². The summed E-state index contributed by atoms with van der Waals surface area (Å²) in [6.45, 7) is 0.838. The first-order valence-electron chi connectivity index (χ1n) is 4.24. The Morgan fingerprint density at radius 1 is 1.31 bits per heavy atom. The Balaban J connectivity index is 2.71. The fraction of sp³-hybridized carbons (Fsp3) is 0.100. The van der Waals surface area contributed by atoms with E-state index in [9.17, 15) is 4.79 Å². The van der Waals surface area contributed by atoms with Gasteiger partial charge in [-0.15, -0.1) is 0 Å². The number of hydrogen-bond acceptors (Lipinski definition) is 2. The zero-order valence-electron chi connectivity index (χ0n) is 6.95. The lowest BCUT2D eigenvalue weighted by Gasteiger charge is -2.09. The topological polar surface area (TPSA) is 33.5 Å². The molecule has 13 heavy (non-hydrogen) atoms. The minimum atomic E-state index is 0.0297. The second-order valence-electron chi connectivity index (χ2n) is 3.16. The summed E-state index contributed by atoms with van der Waals surface area (Å²) in [5.74, 6) is 0. The number of nitrogens with zero attached hydrogens (tertiary/aromatic N) is 1. The van der Waals surface area contributed by atoms with Crippen molar-refractivity contribution in [1.29, 1.82) is 0 Å². The number of anilines is 1. The number of aromatic nitrogens is 1. The zero-order chi connectivity index (χ0) is 8.84. The van der Waals surface area contributed by atoms with Crippen LogP contribution in [0, 0.1) is 0 Å². The second kappa shape index (κ2) is 2.13. The van der Waals surface area contributed by atoms with Crippen molar-refractivity contribution in [3.63, 3.8) is 0 Å². The lowest BCUT2D eigenvalue weighted by atomic mass is 10.2. The van der Waals surface area contributed by atoms with Crippen LogP contribution in [0.2, 0.25) is 0 Å². The van der Waals surface area contributed by atoms with E-state index >= 15 is 0 Å². The molecule has 0 spiro atoms. The van der Waals surface area contributed by atoms with Gasteiger partial charge in [0.15, 0.2) is 0 Å². The largest absolute Gasteiger partial charge is 0.380 e. The maximum absolute atomic E-state index is 11.4. The van der Waals surface area contributed by atoms with Crippen molar-refractivity contribution in [1.82, 2.24) is 4.40 Å². The van der Waals surface area contributed by atoms with E-state index in [0.717, 1.165) is 23.0 Å². The summed E-state index contributed by atoms with van der Waals surface area (Å²) < 4.78 is 1.67. The van der Waals surface area contributed by atoms with Gasteiger partial charge in [0.25, 0.3) is 5.56 Å². The Hall–Kier alpha value is -1.77. The molecular weight excluding hydrogens is 164 g/mol. The van der Waals surface area contributed by atoms with Gasteiger partial charge in [0.05, 0.1) is 11.2 Å². The molecule has 64 valence electrons. The molecule has 0 unspecified atom stereocenters. The van der Waals surface area contributed by atoms with Crippen molar-refractivity contribution in [3.05, 3.63) is 40.0 Å². The van der Waals surface area contributed by atoms with Crippen molar-refractivity contribution in [2.75, 3.05) is 11.9 Å². The molecule has 3 heteroatoms. The van der Waals surface area contributed by atoms with E-state index in [1.54, 1.807) is 10.5 Å². The van der Waals surface area contributed by atoms with Crippen molar-refractivity contribution < 1.29 is 0 Å². The third-order valence-electron chi connectivity index (χ3n) is 2.42. The van der Waals surface area contributed by atoms with Crippen LogP contribution in [-0.2, 0) is 0 Å². The SMILES string of the molecule is O=c1ccc2c3c(ccn13)=CCN2. The molecule has 0 fully saturated rings. The zero-order valence-corrected chi connectivity index (χ0v) is 6.95. The minimum absolute atomic E-state index is 0.0297. The van der Waals surface area contributed by atoms with Crippen LogP contribution in [0.4, 0.5) is 5.69 Å². The Morgan fingerprint density at radius 3 is 3.15 bits per heavy atom. The Kier molecular flexibility index (Phi) is 1.10. The number of rotatable bonds is 0. The maximum Gasteiger partial charge on any atom is 0.255 e. The van der Waals surface area contributed by atoms with Gasteiger partial charge in [-0.3, -0.25) is 9.20 Å². The normalized spacial score (nSPS) is 13.8. The third kappa shape index (κ3) is 0.758. The van der Waals surface area contributed by atoms with Gasteiger partial charge in [-0.05, 0) is 17.4 Å². The first kappa shape index (κ1) is 6.71. The number of nitrogens with one attached hydrogen (secondary N) is 1. The fourth-order valence-electron chi connectivity index (χ4n) is 1.81. The van der Waals surface area contributed by atoms with E-state index in [2.05, 4.69) is 11.4 Å². The van der Waals surface area contributed by atoms with Crippen molar-refractivity contribution in [2.24, 2.45) is 0 Å². The summed E-state index contributed by atoms with van der Waals surface area (Å²) in [7, 11) is 0. The van der Waals surface area contributed by atoms with Gasteiger partial charge < -0.3 is 5.32 Å². The highest BCUT2D eigenvalue weighted by molar-refractivity contribution is 5.77. The van der Waals surface area contributed by atoms with E-state index in [4.69, 9.17) is 0 Å². The molecule has 1 N–H and O–H groups in total. The Morgan fingerprint density at radius 2 is 2.23 bits per heavy atom. The summed E-state index contributed by atoms with van der Waals surface area (Å²) in [5, 5.41) is 4.37. The highest BCUT2D eigenvalue weighted by atomic mass is 16.1. The molecular formula is C10H8N2O. The highest BCUT2D eigenvalue weighted by Crippen LogP contribution is 2.13. The molecule has 1 aliphatic heterocycles. The van der Waals surface area contributed by atoms with Crippen LogP contribution in [0.15, 0.2) is 29.2 Å². The molecule has 0 radical (unpaired) electrons. The molecule has 0 bridgehead atoms. The summed E-state index contributed by atoms with van der Waals surface area (Å²) in [6.07, 6.45) is 3.90. The van der Waals surface area contributed by atoms with E-state index in [1.165, 1.54) is 0 Å². The van der Waals surface area contributed by atoms with Crippen LogP contribution in [0.3, 0.4) is 0 Å². The summed E-state index contributed by atoms with van der Waals surface area (Å²) in [6, 6.07) is 5.40. The van der Waals surface area contributed by atoms with Crippen molar-refractivity contribution in [3.8, 4) is 0 Å². The molecule has 0 amide bonds. The van der Waals surface area contributed by atoms with Crippen LogP contribution in [0.1, 0.15) is 0 Å². The molecule has 2 aromatic rings. The summed E-state index contributed by atoms with van der Waals surface area (Å²) >= 11 is 0. The predicted octanol–water partition coefficient (Wildman–Crippen LogP) is 0.224. The fourth-order valence-corrected chi connectivity index (χ4v) is 1.81. The molecule has 3 nitrogen and oxygen atoms in total. The summed E-state index contributed by atoms with van der Waals surface area (Å²) in [4.78, 5) is 11.4. The Labute approximate surface area is 74.3 Å². The molecule has 1 aliphatic rings. The van der Waals surface area contributed by atoms with Crippen LogP contribution >= 0.6 is 0 Å². The molecule has 3 rings (SSSR count). The van der Waals surface area contributed by atoms with Crippen molar-refractivity contribution >= 4 is 17.3 Å². The van der Waals surface area contributed by atoms with E-state index in [0.29, 0.717) is 0 Å². The van der Waals surface area contributed by atoms with Gasteiger partial charge in [-0.1, -0.05) is 6.08 Å². The van der Waals surface area contributed by atoms with Crippen LogP contribution in [0.25, 0.3) is 11.6 Å². The molecule has 0 saturated heterocycles. The van der Waals surface area contributed by atoms with Crippen LogP contribution in [0.5, 0.6) is 0 Å². The first-order chi connectivity index (χ1) is 6.36. The van der Waals surface area contributed by atoms with Crippen LogP contribution in [-0.4, -0.2) is 10.9 Å². The number of pyridine rings is 1. The average Bonchev–Trinajstić information content (AvgIpc) is 2.57. The lowest BCUT2D eigenvalue weighted by molar-refractivity contribution is 1.12. The molecule has 0 atom stereocenters. The number of hydrogen-bond donors (Lipinski definition) is 1. The maximum atomic E-state index is 11.4.